The van der Waals surface area contributed by atoms with Crippen molar-refractivity contribution >= 4 is 16.4 Å². The molecule has 0 aliphatic rings. The molecule has 0 aliphatic heterocycles. The van der Waals surface area contributed by atoms with Gasteiger partial charge >= 0.3 is 0 Å². The Morgan fingerprint density at radius 3 is 2.14 bits per heavy atom. The van der Waals surface area contributed by atoms with Crippen LogP contribution in [0, 0.1) is 6.92 Å². The van der Waals surface area contributed by atoms with Gasteiger partial charge in [0.15, 0.2) is 6.29 Å². The number of aliphatic hydroxyl groups excluding tert-OH is 4. The summed E-state index contributed by atoms with van der Waals surface area (Å²) in [6.07, 6.45) is -7.65. The van der Waals surface area contributed by atoms with E-state index in [1.165, 1.54) is 12.1 Å². The molecule has 0 bridgehead atoms. The maximum absolute atomic E-state index is 11.8. The summed E-state index contributed by atoms with van der Waals surface area (Å²) >= 11 is 0. The van der Waals surface area contributed by atoms with Crippen molar-refractivity contribution in [2.75, 3.05) is 6.61 Å². The molecular weight excluding hydrogens is 316 g/mol. The molecule has 1 aromatic rings. The maximum atomic E-state index is 11.8. The zero-order valence-corrected chi connectivity index (χ0v) is 12.5. The lowest BCUT2D eigenvalue weighted by Crippen LogP contribution is -2.46. The predicted molar refractivity (Wildman–Crippen MR) is 74.4 cm³/mol. The van der Waals surface area contributed by atoms with Gasteiger partial charge in [0.25, 0.3) is 10.1 Å². The van der Waals surface area contributed by atoms with E-state index in [0.717, 1.165) is 5.56 Å². The molecule has 0 fully saturated rings. The molecule has 0 saturated carbocycles. The number of carbonyl (C=O) groups is 1. The van der Waals surface area contributed by atoms with Gasteiger partial charge in [-0.05, 0) is 19.1 Å². The lowest BCUT2D eigenvalue weighted by Gasteiger charge is -2.23. The Morgan fingerprint density at radius 2 is 1.64 bits per heavy atom. The second-order valence-corrected chi connectivity index (χ2v) is 6.34. The monoisotopic (exact) mass is 334 g/mol. The van der Waals surface area contributed by atoms with Gasteiger partial charge in [-0.3, -0.25) is 4.18 Å². The Labute approximate surface area is 127 Å². The Hall–Kier alpha value is -1.36. The lowest BCUT2D eigenvalue weighted by atomic mass is 10.0. The third-order valence-corrected chi connectivity index (χ3v) is 4.23. The predicted octanol–water partition coefficient (Wildman–Crippen LogP) is -1.66. The smallest absolute Gasteiger partial charge is 0.297 e. The van der Waals surface area contributed by atoms with Crippen molar-refractivity contribution < 1.29 is 37.8 Å². The molecule has 4 N–H and O–H groups in total. The van der Waals surface area contributed by atoms with Gasteiger partial charge in [0.05, 0.1) is 11.5 Å². The molecule has 0 saturated heterocycles. The highest BCUT2D eigenvalue weighted by Crippen LogP contribution is 2.14. The summed E-state index contributed by atoms with van der Waals surface area (Å²) in [5.41, 5.74) is 0.848. The molecule has 0 amide bonds. The van der Waals surface area contributed by atoms with Crippen LogP contribution in [0.1, 0.15) is 5.56 Å². The maximum Gasteiger partial charge on any atom is 0.297 e. The number of hydrogen-bond acceptors (Lipinski definition) is 8. The highest BCUT2D eigenvalue weighted by molar-refractivity contribution is 7.86. The Bertz CT molecular complexity index is 583. The summed E-state index contributed by atoms with van der Waals surface area (Å²) in [5, 5.41) is 37.4. The molecule has 0 radical (unpaired) electrons. The minimum absolute atomic E-state index is 0.0233. The van der Waals surface area contributed by atoms with Crippen molar-refractivity contribution in [2.24, 2.45) is 0 Å². The number of benzene rings is 1. The quantitative estimate of drug-likeness (QED) is 0.327. The lowest BCUT2D eigenvalue weighted by molar-refractivity contribution is -0.135. The van der Waals surface area contributed by atoms with Crippen molar-refractivity contribution in [3.8, 4) is 0 Å². The normalized spacial score (nSPS) is 17.5. The van der Waals surface area contributed by atoms with Crippen molar-refractivity contribution in [3.63, 3.8) is 0 Å². The third-order valence-electron chi connectivity index (χ3n) is 2.94. The van der Waals surface area contributed by atoms with Crippen LogP contribution in [-0.2, 0) is 19.1 Å². The van der Waals surface area contributed by atoms with E-state index in [-0.39, 0.29) is 11.2 Å². The fourth-order valence-electron chi connectivity index (χ4n) is 1.54. The third kappa shape index (κ3) is 4.83. The number of rotatable bonds is 8. The topological polar surface area (TPSA) is 141 Å². The highest BCUT2D eigenvalue weighted by Gasteiger charge is 2.31. The zero-order chi connectivity index (χ0) is 16.9. The summed E-state index contributed by atoms with van der Waals surface area (Å²) in [6, 6.07) is 5.76. The van der Waals surface area contributed by atoms with E-state index >= 15 is 0 Å². The minimum Gasteiger partial charge on any atom is -0.388 e. The van der Waals surface area contributed by atoms with Gasteiger partial charge in [-0.25, -0.2) is 0 Å². The number of aldehydes is 1. The summed E-state index contributed by atoms with van der Waals surface area (Å²) in [4.78, 5) is 10.1. The number of aryl methyl sites for hydroxylation is 1. The first-order valence-electron chi connectivity index (χ1n) is 6.32. The number of carbonyl (C=O) groups excluding carboxylic acids is 1. The Balaban J connectivity index is 2.68. The average molecular weight is 334 g/mol. The van der Waals surface area contributed by atoms with Crippen LogP contribution in [-0.4, -0.2) is 66.2 Å². The van der Waals surface area contributed by atoms with Crippen LogP contribution < -0.4 is 0 Å². The fourth-order valence-corrected chi connectivity index (χ4v) is 2.47. The summed E-state index contributed by atoms with van der Waals surface area (Å²) < 4.78 is 28.3. The molecule has 4 atom stereocenters. The first-order valence-corrected chi connectivity index (χ1v) is 7.73. The Morgan fingerprint density at radius 1 is 1.09 bits per heavy atom. The zero-order valence-electron chi connectivity index (χ0n) is 11.7. The van der Waals surface area contributed by atoms with Crippen LogP contribution in [0.3, 0.4) is 0 Å². The van der Waals surface area contributed by atoms with E-state index in [2.05, 4.69) is 4.18 Å². The van der Waals surface area contributed by atoms with E-state index in [9.17, 15) is 28.5 Å². The molecule has 1 aromatic carbocycles. The second kappa shape index (κ2) is 7.77. The van der Waals surface area contributed by atoms with Crippen LogP contribution in [0.5, 0.6) is 0 Å². The Kier molecular flexibility index (Phi) is 6.60. The second-order valence-electron chi connectivity index (χ2n) is 4.73. The van der Waals surface area contributed by atoms with Crippen LogP contribution >= 0.6 is 0 Å². The molecule has 124 valence electrons. The molecule has 0 spiro atoms. The van der Waals surface area contributed by atoms with Crippen LogP contribution in [0.4, 0.5) is 0 Å². The molecule has 8 nitrogen and oxygen atoms in total. The van der Waals surface area contributed by atoms with Crippen molar-refractivity contribution in [2.45, 2.75) is 36.2 Å². The number of hydrogen-bond donors (Lipinski definition) is 4. The number of aliphatic hydroxyl groups is 4. The van der Waals surface area contributed by atoms with Gasteiger partial charge < -0.3 is 25.2 Å². The van der Waals surface area contributed by atoms with E-state index in [1.807, 2.05) is 0 Å². The van der Waals surface area contributed by atoms with Crippen LogP contribution in [0.25, 0.3) is 0 Å². The molecule has 0 aliphatic carbocycles. The first-order chi connectivity index (χ1) is 10.2. The molecular formula is C13H18O8S. The van der Waals surface area contributed by atoms with Gasteiger partial charge in [0.2, 0.25) is 0 Å². The summed E-state index contributed by atoms with van der Waals surface area (Å²) in [7, 11) is -4.14. The fraction of sp³-hybridized carbons (Fsp3) is 0.462. The van der Waals surface area contributed by atoms with E-state index in [0.29, 0.717) is 0 Å². The summed E-state index contributed by atoms with van der Waals surface area (Å²) in [6.45, 7) is 0.928. The van der Waals surface area contributed by atoms with Gasteiger partial charge in [0, 0.05) is 0 Å². The highest BCUT2D eigenvalue weighted by atomic mass is 32.2. The largest absolute Gasteiger partial charge is 0.388 e. The van der Waals surface area contributed by atoms with Crippen LogP contribution in [0.15, 0.2) is 29.2 Å². The first kappa shape index (κ1) is 18.7. The molecule has 22 heavy (non-hydrogen) atoms. The minimum atomic E-state index is -4.14. The van der Waals surface area contributed by atoms with E-state index in [4.69, 9.17) is 5.11 Å². The molecule has 0 aromatic heterocycles. The molecule has 0 heterocycles. The molecule has 1 rings (SSSR count). The van der Waals surface area contributed by atoms with Crippen molar-refractivity contribution in [1.82, 2.24) is 0 Å². The van der Waals surface area contributed by atoms with Gasteiger partial charge in [-0.15, -0.1) is 0 Å². The molecule has 0 unspecified atom stereocenters. The summed E-state index contributed by atoms with van der Waals surface area (Å²) in [5.74, 6) is 0. The van der Waals surface area contributed by atoms with Crippen molar-refractivity contribution in [1.29, 1.82) is 0 Å². The van der Waals surface area contributed by atoms with E-state index < -0.39 is 41.1 Å². The van der Waals surface area contributed by atoms with Gasteiger partial charge in [-0.1, -0.05) is 17.7 Å². The average Bonchev–Trinajstić information content (AvgIpc) is 2.50. The van der Waals surface area contributed by atoms with E-state index in [1.54, 1.807) is 19.1 Å². The van der Waals surface area contributed by atoms with Crippen molar-refractivity contribution in [3.05, 3.63) is 29.8 Å². The van der Waals surface area contributed by atoms with Gasteiger partial charge in [-0.2, -0.15) is 8.42 Å². The van der Waals surface area contributed by atoms with Gasteiger partial charge in [0.1, 0.15) is 24.4 Å². The molecule has 9 heteroatoms. The van der Waals surface area contributed by atoms with Crippen LogP contribution in [0.2, 0.25) is 0 Å². The standard InChI is InChI=1S/C13H18O8S/c1-8-2-4-9(5-3-8)22(19,20)21-7-11(16)13(18)12(17)10(15)6-14/h2-6,10-13,15-18H,7H2,1H3/t10-,11+,12+,13+/m0/s1. The SMILES string of the molecule is Cc1ccc(S(=O)(=O)OC[C@@H](O)[C@@H](O)[C@H](O)[C@@H](O)C=O)cc1.